The van der Waals surface area contributed by atoms with E-state index in [1.807, 2.05) is 24.0 Å². The zero-order valence-electron chi connectivity index (χ0n) is 11.2. The maximum Gasteiger partial charge on any atom is 0.318 e. The second-order valence-electron chi connectivity index (χ2n) is 5.49. The van der Waals surface area contributed by atoms with Crippen molar-refractivity contribution in [1.29, 1.82) is 0 Å². The lowest BCUT2D eigenvalue weighted by Crippen LogP contribution is -2.58. The van der Waals surface area contributed by atoms with Gasteiger partial charge in [-0.3, -0.25) is 0 Å². The Balaban J connectivity index is 1.58. The van der Waals surface area contributed by atoms with Gasteiger partial charge in [0.2, 0.25) is 0 Å². The molecular formula is C14H20N2O3. The first-order valence-electron chi connectivity index (χ1n) is 6.91. The Bertz CT molecular complexity index is 440. The van der Waals surface area contributed by atoms with Gasteiger partial charge in [-0.15, -0.1) is 0 Å². The van der Waals surface area contributed by atoms with Crippen molar-refractivity contribution in [3.8, 4) is 0 Å². The molecule has 2 fully saturated rings. The fourth-order valence-electron chi connectivity index (χ4n) is 2.78. The number of hydrogen-bond donors (Lipinski definition) is 1. The molecule has 2 amide bonds. The van der Waals surface area contributed by atoms with Crippen LogP contribution in [0.3, 0.4) is 0 Å². The molecule has 19 heavy (non-hydrogen) atoms. The number of furan rings is 1. The largest absolute Gasteiger partial charge is 0.467 e. The minimum atomic E-state index is -0.109. The molecule has 3 rings (SSSR count). The van der Waals surface area contributed by atoms with Gasteiger partial charge in [0, 0.05) is 6.54 Å². The minimum absolute atomic E-state index is 0.0292. The summed E-state index contributed by atoms with van der Waals surface area (Å²) in [5.74, 6) is 0.778. The summed E-state index contributed by atoms with van der Waals surface area (Å²) in [4.78, 5) is 14.1. The van der Waals surface area contributed by atoms with Crippen LogP contribution in [0, 0.1) is 0 Å². The normalized spacial score (nSPS) is 22.9. The quantitative estimate of drug-likeness (QED) is 0.891. The molecule has 1 spiro atoms. The van der Waals surface area contributed by atoms with Crippen LogP contribution in [0.15, 0.2) is 22.8 Å². The molecule has 5 heteroatoms. The topological polar surface area (TPSA) is 54.7 Å². The Morgan fingerprint density at radius 2 is 2.37 bits per heavy atom. The number of amides is 2. The average molecular weight is 264 g/mol. The number of ether oxygens (including phenoxy) is 1. The van der Waals surface area contributed by atoms with Crippen molar-refractivity contribution in [2.45, 2.75) is 37.8 Å². The van der Waals surface area contributed by atoms with Crippen molar-refractivity contribution < 1.29 is 13.9 Å². The van der Waals surface area contributed by atoms with E-state index in [4.69, 9.17) is 9.15 Å². The molecule has 1 aliphatic carbocycles. The van der Waals surface area contributed by atoms with Crippen LogP contribution in [0.25, 0.3) is 0 Å². The number of carbonyl (C=O) groups excluding carboxylic acids is 1. The van der Waals surface area contributed by atoms with Gasteiger partial charge < -0.3 is 19.4 Å². The van der Waals surface area contributed by atoms with Crippen LogP contribution >= 0.6 is 0 Å². The molecule has 2 aliphatic rings. The highest BCUT2D eigenvalue weighted by molar-refractivity contribution is 5.74. The molecule has 1 aromatic rings. The fourth-order valence-corrected chi connectivity index (χ4v) is 2.78. The Kier molecular flexibility index (Phi) is 3.22. The van der Waals surface area contributed by atoms with Gasteiger partial charge in [-0.25, -0.2) is 4.79 Å². The summed E-state index contributed by atoms with van der Waals surface area (Å²) in [7, 11) is 0. The first-order chi connectivity index (χ1) is 9.19. The molecular weight excluding hydrogens is 244 g/mol. The van der Waals surface area contributed by atoms with Gasteiger partial charge in [0.25, 0.3) is 0 Å². The van der Waals surface area contributed by atoms with Gasteiger partial charge in [-0.1, -0.05) is 0 Å². The Morgan fingerprint density at radius 1 is 1.53 bits per heavy atom. The molecule has 1 aromatic heterocycles. The van der Waals surface area contributed by atoms with Crippen LogP contribution < -0.4 is 5.32 Å². The molecule has 1 aliphatic heterocycles. The van der Waals surface area contributed by atoms with Gasteiger partial charge in [-0.05, 0) is 38.3 Å². The van der Waals surface area contributed by atoms with Crippen molar-refractivity contribution in [3.63, 3.8) is 0 Å². The molecule has 104 valence electrons. The lowest BCUT2D eigenvalue weighted by molar-refractivity contribution is -0.141. The SMILES string of the molecule is C[C@@H](NC(=O)N1CCOC2(CCC2)C1)c1ccco1. The van der Waals surface area contributed by atoms with Crippen molar-refractivity contribution in [2.24, 2.45) is 0 Å². The third kappa shape index (κ3) is 2.47. The van der Waals surface area contributed by atoms with E-state index in [1.165, 1.54) is 6.42 Å². The van der Waals surface area contributed by atoms with Crippen molar-refractivity contribution in [2.75, 3.05) is 19.7 Å². The molecule has 1 saturated carbocycles. The summed E-state index contributed by atoms with van der Waals surface area (Å²) < 4.78 is 11.1. The first-order valence-corrected chi connectivity index (χ1v) is 6.91. The van der Waals surface area contributed by atoms with E-state index in [9.17, 15) is 4.79 Å². The average Bonchev–Trinajstić information content (AvgIpc) is 2.91. The summed E-state index contributed by atoms with van der Waals surface area (Å²) in [5.41, 5.74) is -0.0521. The summed E-state index contributed by atoms with van der Waals surface area (Å²) in [6.07, 6.45) is 4.98. The molecule has 2 heterocycles. The number of nitrogens with one attached hydrogen (secondary N) is 1. The lowest BCUT2D eigenvalue weighted by atomic mass is 9.79. The highest BCUT2D eigenvalue weighted by atomic mass is 16.5. The predicted octanol–water partition coefficient (Wildman–Crippen LogP) is 2.31. The number of carbonyl (C=O) groups is 1. The van der Waals surface area contributed by atoms with Gasteiger partial charge in [0.05, 0.1) is 31.1 Å². The zero-order valence-corrected chi connectivity index (χ0v) is 11.2. The van der Waals surface area contributed by atoms with E-state index in [-0.39, 0.29) is 17.7 Å². The van der Waals surface area contributed by atoms with Gasteiger partial charge in [0.15, 0.2) is 0 Å². The summed E-state index contributed by atoms with van der Waals surface area (Å²) in [6.45, 7) is 3.95. The molecule has 5 nitrogen and oxygen atoms in total. The van der Waals surface area contributed by atoms with Crippen LogP contribution in [-0.2, 0) is 4.74 Å². The van der Waals surface area contributed by atoms with Crippen LogP contribution in [-0.4, -0.2) is 36.2 Å². The Hall–Kier alpha value is -1.49. The van der Waals surface area contributed by atoms with Gasteiger partial charge >= 0.3 is 6.03 Å². The zero-order chi connectivity index (χ0) is 13.3. The van der Waals surface area contributed by atoms with Crippen molar-refractivity contribution >= 4 is 6.03 Å². The van der Waals surface area contributed by atoms with Crippen LogP contribution in [0.5, 0.6) is 0 Å². The summed E-state index contributed by atoms with van der Waals surface area (Å²) in [6, 6.07) is 3.56. The monoisotopic (exact) mass is 264 g/mol. The number of morpholine rings is 1. The third-order valence-corrected chi connectivity index (χ3v) is 4.11. The highest BCUT2D eigenvalue weighted by Gasteiger charge is 2.43. The van der Waals surface area contributed by atoms with Gasteiger partial charge in [-0.2, -0.15) is 0 Å². The van der Waals surface area contributed by atoms with E-state index in [0.29, 0.717) is 19.7 Å². The third-order valence-electron chi connectivity index (χ3n) is 4.11. The number of hydrogen-bond acceptors (Lipinski definition) is 3. The number of urea groups is 1. The molecule has 1 saturated heterocycles. The maximum atomic E-state index is 12.2. The molecule has 0 bridgehead atoms. The Morgan fingerprint density at radius 3 is 3.00 bits per heavy atom. The van der Waals surface area contributed by atoms with Gasteiger partial charge in [0.1, 0.15) is 5.76 Å². The first kappa shape index (κ1) is 12.5. The molecule has 1 atom stereocenters. The second-order valence-corrected chi connectivity index (χ2v) is 5.49. The predicted molar refractivity (Wildman–Crippen MR) is 69.8 cm³/mol. The van der Waals surface area contributed by atoms with E-state index >= 15 is 0 Å². The smallest absolute Gasteiger partial charge is 0.318 e. The van der Waals surface area contributed by atoms with E-state index in [0.717, 1.165) is 18.6 Å². The summed E-state index contributed by atoms with van der Waals surface area (Å²) in [5, 5.41) is 2.98. The standard InChI is InChI=1S/C14H20N2O3/c1-11(12-4-2-8-18-12)15-13(17)16-7-9-19-14(10-16)5-3-6-14/h2,4,8,11H,3,5-7,9-10H2,1H3,(H,15,17)/t11-/m1/s1. The van der Waals surface area contributed by atoms with E-state index < -0.39 is 0 Å². The molecule has 0 radical (unpaired) electrons. The fraction of sp³-hybridized carbons (Fsp3) is 0.643. The van der Waals surface area contributed by atoms with E-state index in [1.54, 1.807) is 6.26 Å². The lowest BCUT2D eigenvalue weighted by Gasteiger charge is -2.48. The Labute approximate surface area is 112 Å². The molecule has 0 aromatic carbocycles. The van der Waals surface area contributed by atoms with Crippen LogP contribution in [0.1, 0.15) is 38.0 Å². The van der Waals surface area contributed by atoms with Crippen molar-refractivity contribution in [1.82, 2.24) is 10.2 Å². The van der Waals surface area contributed by atoms with E-state index in [2.05, 4.69) is 5.32 Å². The van der Waals surface area contributed by atoms with Crippen molar-refractivity contribution in [3.05, 3.63) is 24.2 Å². The number of nitrogens with zero attached hydrogens (tertiary/aromatic N) is 1. The maximum absolute atomic E-state index is 12.2. The van der Waals surface area contributed by atoms with Crippen LogP contribution in [0.4, 0.5) is 4.79 Å². The molecule has 0 unspecified atom stereocenters. The second kappa shape index (κ2) is 4.89. The summed E-state index contributed by atoms with van der Waals surface area (Å²) >= 11 is 0. The number of rotatable bonds is 2. The highest BCUT2D eigenvalue weighted by Crippen LogP contribution is 2.38. The molecule has 1 N–H and O–H groups in total. The van der Waals surface area contributed by atoms with Crippen LogP contribution in [0.2, 0.25) is 0 Å². The minimum Gasteiger partial charge on any atom is -0.467 e.